The molecular formula is C20H18N6O3. The summed E-state index contributed by atoms with van der Waals surface area (Å²) in [7, 11) is 1.60. The number of ether oxygens (including phenoxy) is 2. The molecule has 2 unspecified atom stereocenters. The van der Waals surface area contributed by atoms with Gasteiger partial charge in [-0.25, -0.2) is 14.6 Å². The zero-order valence-corrected chi connectivity index (χ0v) is 15.6. The normalized spacial score (nSPS) is 18.2. The van der Waals surface area contributed by atoms with Gasteiger partial charge < -0.3 is 14.8 Å². The Labute approximate surface area is 166 Å². The van der Waals surface area contributed by atoms with Crippen LogP contribution < -0.4 is 15.6 Å². The first-order chi connectivity index (χ1) is 14.2. The second-order valence-electron chi connectivity index (χ2n) is 6.45. The quantitative estimate of drug-likeness (QED) is 0.699. The first kappa shape index (κ1) is 18.6. The van der Waals surface area contributed by atoms with E-state index in [-0.39, 0.29) is 23.3 Å². The van der Waals surface area contributed by atoms with Gasteiger partial charge in [0.25, 0.3) is 5.56 Å². The number of nitrogens with zero attached hydrogens (tertiary/aromatic N) is 5. The number of rotatable bonds is 5. The lowest BCUT2D eigenvalue weighted by atomic mass is 10.1. The summed E-state index contributed by atoms with van der Waals surface area (Å²) in [6, 6.07) is 12.0. The molecule has 3 heterocycles. The topological polar surface area (TPSA) is 115 Å². The molecule has 0 bridgehead atoms. The predicted molar refractivity (Wildman–Crippen MR) is 104 cm³/mol. The number of nitriles is 1. The Bertz CT molecular complexity index is 1120. The maximum absolute atomic E-state index is 12.5. The van der Waals surface area contributed by atoms with Crippen molar-refractivity contribution in [2.24, 2.45) is 0 Å². The molecule has 1 aliphatic heterocycles. The Hall–Kier alpha value is -3.77. The Kier molecular flexibility index (Phi) is 5.18. The molecule has 1 fully saturated rings. The Morgan fingerprint density at radius 2 is 2.10 bits per heavy atom. The van der Waals surface area contributed by atoms with Crippen LogP contribution in [0.15, 0.2) is 53.6 Å². The molecule has 2 aromatic heterocycles. The van der Waals surface area contributed by atoms with Gasteiger partial charge in [0, 0.05) is 24.0 Å². The minimum atomic E-state index is -0.360. The second-order valence-corrected chi connectivity index (χ2v) is 6.45. The van der Waals surface area contributed by atoms with E-state index in [0.717, 1.165) is 5.56 Å². The van der Waals surface area contributed by atoms with Gasteiger partial charge in [-0.3, -0.25) is 4.79 Å². The lowest BCUT2D eigenvalue weighted by molar-refractivity contribution is 0.183. The molecule has 0 aliphatic carbocycles. The standard InChI is InChI=1S/C20H18N6O3/c1-28-14-4-2-3-13(9-14)15-5-6-19(27)26(25-15)18-12-29-11-17(18)24-20-16(10-21)22-7-8-23-20/h2-9,17-18H,11-12H2,1H3,(H,23,24). The van der Waals surface area contributed by atoms with Crippen LogP contribution in [0.3, 0.4) is 0 Å². The van der Waals surface area contributed by atoms with E-state index in [4.69, 9.17) is 9.47 Å². The van der Waals surface area contributed by atoms with Gasteiger partial charge in [0.15, 0.2) is 11.5 Å². The van der Waals surface area contributed by atoms with Crippen LogP contribution in [0, 0.1) is 11.3 Å². The van der Waals surface area contributed by atoms with Crippen LogP contribution in [0.2, 0.25) is 0 Å². The summed E-state index contributed by atoms with van der Waals surface area (Å²) in [4.78, 5) is 20.7. The van der Waals surface area contributed by atoms with Gasteiger partial charge in [-0.15, -0.1) is 0 Å². The van der Waals surface area contributed by atoms with Gasteiger partial charge in [-0.1, -0.05) is 12.1 Å². The van der Waals surface area contributed by atoms with Crippen molar-refractivity contribution in [3.05, 3.63) is 64.8 Å². The van der Waals surface area contributed by atoms with Crippen LogP contribution in [-0.4, -0.2) is 46.1 Å². The highest BCUT2D eigenvalue weighted by molar-refractivity contribution is 5.60. The highest BCUT2D eigenvalue weighted by Gasteiger charge is 2.32. The smallest absolute Gasteiger partial charge is 0.267 e. The summed E-state index contributed by atoms with van der Waals surface area (Å²) < 4.78 is 12.3. The van der Waals surface area contributed by atoms with Crippen LogP contribution in [0.5, 0.6) is 5.75 Å². The van der Waals surface area contributed by atoms with E-state index in [1.165, 1.54) is 23.1 Å². The molecule has 3 aromatic rings. The molecule has 9 heteroatoms. The Morgan fingerprint density at radius 1 is 1.24 bits per heavy atom. The summed E-state index contributed by atoms with van der Waals surface area (Å²) in [5.41, 5.74) is 1.43. The number of hydrogen-bond acceptors (Lipinski definition) is 8. The maximum atomic E-state index is 12.5. The molecule has 0 radical (unpaired) electrons. The van der Waals surface area contributed by atoms with Crippen LogP contribution in [-0.2, 0) is 4.74 Å². The molecule has 146 valence electrons. The first-order valence-electron chi connectivity index (χ1n) is 8.99. The van der Waals surface area contributed by atoms with E-state index in [1.807, 2.05) is 30.3 Å². The molecular weight excluding hydrogens is 372 g/mol. The summed E-state index contributed by atoms with van der Waals surface area (Å²) in [6.45, 7) is 0.665. The van der Waals surface area contributed by atoms with E-state index < -0.39 is 0 Å². The van der Waals surface area contributed by atoms with Crippen molar-refractivity contribution in [1.82, 2.24) is 19.7 Å². The van der Waals surface area contributed by atoms with Gasteiger partial charge >= 0.3 is 0 Å². The fourth-order valence-corrected chi connectivity index (χ4v) is 3.22. The number of methoxy groups -OCH3 is 1. The van der Waals surface area contributed by atoms with Crippen molar-refractivity contribution < 1.29 is 9.47 Å². The minimum absolute atomic E-state index is 0.184. The van der Waals surface area contributed by atoms with Gasteiger partial charge in [0.2, 0.25) is 0 Å². The highest BCUT2D eigenvalue weighted by atomic mass is 16.5. The average Bonchev–Trinajstić information content (AvgIpc) is 3.22. The Balaban J connectivity index is 1.66. The van der Waals surface area contributed by atoms with Gasteiger partial charge in [-0.2, -0.15) is 10.4 Å². The number of hydrogen-bond donors (Lipinski definition) is 1. The average molecular weight is 390 g/mol. The molecule has 1 aromatic carbocycles. The number of benzene rings is 1. The molecule has 1 N–H and O–H groups in total. The molecule has 2 atom stereocenters. The first-order valence-corrected chi connectivity index (χ1v) is 8.99. The van der Waals surface area contributed by atoms with Gasteiger partial charge in [-0.05, 0) is 18.2 Å². The third kappa shape index (κ3) is 3.79. The molecule has 1 aliphatic rings. The largest absolute Gasteiger partial charge is 0.497 e. The summed E-state index contributed by atoms with van der Waals surface area (Å²) >= 11 is 0. The zero-order chi connectivity index (χ0) is 20.2. The van der Waals surface area contributed by atoms with Crippen LogP contribution >= 0.6 is 0 Å². The second kappa shape index (κ2) is 8.08. The number of aromatic nitrogens is 4. The lowest BCUT2D eigenvalue weighted by Gasteiger charge is -2.21. The summed E-state index contributed by atoms with van der Waals surface area (Å²) in [6.07, 6.45) is 2.96. The van der Waals surface area contributed by atoms with Crippen molar-refractivity contribution in [3.8, 4) is 23.1 Å². The van der Waals surface area contributed by atoms with Gasteiger partial charge in [0.1, 0.15) is 17.9 Å². The Morgan fingerprint density at radius 3 is 2.93 bits per heavy atom. The fraction of sp³-hybridized carbons (Fsp3) is 0.250. The van der Waals surface area contributed by atoms with Crippen molar-refractivity contribution >= 4 is 5.82 Å². The predicted octanol–water partition coefficient (Wildman–Crippen LogP) is 1.63. The lowest BCUT2D eigenvalue weighted by Crippen LogP contribution is -2.37. The van der Waals surface area contributed by atoms with Gasteiger partial charge in [0.05, 0.1) is 32.1 Å². The fourth-order valence-electron chi connectivity index (χ4n) is 3.22. The molecule has 29 heavy (non-hydrogen) atoms. The van der Waals surface area contributed by atoms with Crippen LogP contribution in [0.4, 0.5) is 5.82 Å². The van der Waals surface area contributed by atoms with Crippen molar-refractivity contribution in [1.29, 1.82) is 5.26 Å². The van der Waals surface area contributed by atoms with E-state index in [2.05, 4.69) is 20.4 Å². The summed E-state index contributed by atoms with van der Waals surface area (Å²) in [5.74, 6) is 1.06. The van der Waals surface area contributed by atoms with Crippen molar-refractivity contribution in [2.75, 3.05) is 25.6 Å². The van der Waals surface area contributed by atoms with E-state index >= 15 is 0 Å². The zero-order valence-electron chi connectivity index (χ0n) is 15.6. The highest BCUT2D eigenvalue weighted by Crippen LogP contribution is 2.25. The third-order valence-electron chi connectivity index (χ3n) is 4.68. The SMILES string of the molecule is COc1cccc(-c2ccc(=O)n(C3COCC3Nc3nccnc3C#N)n2)c1. The van der Waals surface area contributed by atoms with E-state index in [1.54, 1.807) is 13.2 Å². The van der Waals surface area contributed by atoms with Crippen molar-refractivity contribution in [3.63, 3.8) is 0 Å². The monoisotopic (exact) mass is 390 g/mol. The minimum Gasteiger partial charge on any atom is -0.497 e. The van der Waals surface area contributed by atoms with Crippen LogP contribution in [0.1, 0.15) is 11.7 Å². The molecule has 1 saturated heterocycles. The van der Waals surface area contributed by atoms with Crippen LogP contribution in [0.25, 0.3) is 11.3 Å². The molecule has 0 amide bonds. The number of nitrogens with one attached hydrogen (secondary N) is 1. The molecule has 4 rings (SSSR count). The number of anilines is 1. The summed E-state index contributed by atoms with van der Waals surface area (Å²) in [5, 5.41) is 17.0. The van der Waals surface area contributed by atoms with E-state index in [9.17, 15) is 10.1 Å². The molecule has 0 spiro atoms. The maximum Gasteiger partial charge on any atom is 0.267 e. The van der Waals surface area contributed by atoms with E-state index in [0.29, 0.717) is 30.5 Å². The van der Waals surface area contributed by atoms with Crippen molar-refractivity contribution in [2.45, 2.75) is 12.1 Å². The molecule has 9 nitrogen and oxygen atoms in total. The molecule has 0 saturated carbocycles. The third-order valence-corrected chi connectivity index (χ3v) is 4.68.